The number of halogens is 1. The number of carbonyl (C=O) groups excluding carboxylic acids is 1. The van der Waals surface area contributed by atoms with Crippen LogP contribution >= 0.6 is 0 Å². The third-order valence-electron chi connectivity index (χ3n) is 4.83. The van der Waals surface area contributed by atoms with Gasteiger partial charge in [0.25, 0.3) is 0 Å². The molecule has 4 nitrogen and oxygen atoms in total. The Balaban J connectivity index is 1.43. The third-order valence-corrected chi connectivity index (χ3v) is 4.83. The maximum absolute atomic E-state index is 13.7. The Morgan fingerprint density at radius 2 is 1.77 bits per heavy atom. The fourth-order valence-electron chi connectivity index (χ4n) is 3.43. The predicted molar refractivity (Wildman–Crippen MR) is 99.6 cm³/mol. The predicted octanol–water partition coefficient (Wildman–Crippen LogP) is 3.20. The third kappa shape index (κ3) is 3.31. The highest BCUT2D eigenvalue weighted by atomic mass is 19.1. The van der Waals surface area contributed by atoms with E-state index < -0.39 is 0 Å². The molecule has 3 N–H and O–H groups in total. The van der Waals surface area contributed by atoms with Crippen molar-refractivity contribution in [3.63, 3.8) is 0 Å². The van der Waals surface area contributed by atoms with Gasteiger partial charge in [-0.3, -0.25) is 4.79 Å². The van der Waals surface area contributed by atoms with Crippen molar-refractivity contribution < 1.29 is 9.18 Å². The molecule has 0 spiro atoms. The lowest BCUT2D eigenvalue weighted by Crippen LogP contribution is -2.42. The number of amides is 1. The van der Waals surface area contributed by atoms with Gasteiger partial charge in [-0.1, -0.05) is 60.7 Å². The SMILES string of the molecule is O=C(NCc1ccccc1F)C1CC(c2cccc3ccccc23)NN1. The van der Waals surface area contributed by atoms with Gasteiger partial charge in [-0.15, -0.1) is 0 Å². The molecule has 0 aliphatic carbocycles. The van der Waals surface area contributed by atoms with E-state index in [1.54, 1.807) is 18.2 Å². The zero-order chi connectivity index (χ0) is 17.9. The van der Waals surface area contributed by atoms with Crippen LogP contribution in [0.2, 0.25) is 0 Å². The number of hydrogen-bond acceptors (Lipinski definition) is 3. The molecule has 26 heavy (non-hydrogen) atoms. The molecule has 0 saturated carbocycles. The van der Waals surface area contributed by atoms with Crippen LogP contribution < -0.4 is 16.2 Å². The minimum absolute atomic E-state index is 0.0466. The number of fused-ring (bicyclic) bond motifs is 1. The van der Waals surface area contributed by atoms with Crippen molar-refractivity contribution in [2.45, 2.75) is 25.0 Å². The van der Waals surface area contributed by atoms with Gasteiger partial charge in [-0.05, 0) is 28.8 Å². The summed E-state index contributed by atoms with van der Waals surface area (Å²) in [5.41, 5.74) is 7.94. The molecule has 1 aliphatic heterocycles. The fourth-order valence-corrected chi connectivity index (χ4v) is 3.43. The van der Waals surface area contributed by atoms with Crippen LogP contribution in [0, 0.1) is 5.82 Å². The Hall–Kier alpha value is -2.76. The standard InChI is InChI=1S/C21H20FN3O/c22-18-11-4-2-7-15(18)13-23-21(26)20-12-19(24-25-20)17-10-5-8-14-6-1-3-9-16(14)17/h1-11,19-20,24-25H,12-13H2,(H,23,26). The first-order chi connectivity index (χ1) is 12.7. The van der Waals surface area contributed by atoms with Gasteiger partial charge in [0.05, 0.1) is 0 Å². The van der Waals surface area contributed by atoms with Crippen molar-refractivity contribution in [1.29, 1.82) is 0 Å². The van der Waals surface area contributed by atoms with Gasteiger partial charge in [-0.2, -0.15) is 0 Å². The molecule has 1 saturated heterocycles. The maximum Gasteiger partial charge on any atom is 0.238 e. The first-order valence-corrected chi connectivity index (χ1v) is 8.72. The molecule has 2 atom stereocenters. The minimum atomic E-state index is -0.356. The number of hydrazine groups is 1. The molecule has 2 unspecified atom stereocenters. The summed E-state index contributed by atoms with van der Waals surface area (Å²) in [7, 11) is 0. The highest BCUT2D eigenvalue weighted by Crippen LogP contribution is 2.29. The van der Waals surface area contributed by atoms with Crippen molar-refractivity contribution in [3.8, 4) is 0 Å². The molecule has 1 fully saturated rings. The summed E-state index contributed by atoms with van der Waals surface area (Å²) in [6.45, 7) is 0.183. The molecule has 3 aromatic carbocycles. The topological polar surface area (TPSA) is 53.2 Å². The lowest BCUT2D eigenvalue weighted by Gasteiger charge is -2.13. The van der Waals surface area contributed by atoms with Crippen molar-refractivity contribution in [3.05, 3.63) is 83.7 Å². The molecule has 1 heterocycles. The number of carbonyl (C=O) groups is 1. The van der Waals surface area contributed by atoms with Gasteiger partial charge in [0.1, 0.15) is 11.9 Å². The molecular formula is C21H20FN3O. The summed E-state index contributed by atoms with van der Waals surface area (Å²) in [5, 5.41) is 5.17. The van der Waals surface area contributed by atoms with Crippen molar-refractivity contribution in [2.75, 3.05) is 0 Å². The van der Waals surface area contributed by atoms with Crippen molar-refractivity contribution in [1.82, 2.24) is 16.2 Å². The molecule has 5 heteroatoms. The van der Waals surface area contributed by atoms with Gasteiger partial charge in [-0.25, -0.2) is 15.2 Å². The van der Waals surface area contributed by atoms with E-state index >= 15 is 0 Å². The van der Waals surface area contributed by atoms with Gasteiger partial charge >= 0.3 is 0 Å². The first kappa shape index (κ1) is 16.7. The summed E-state index contributed by atoms with van der Waals surface area (Å²) in [6, 6.07) is 20.6. The van der Waals surface area contributed by atoms with Gasteiger partial charge in [0.2, 0.25) is 5.91 Å². The van der Waals surface area contributed by atoms with E-state index in [9.17, 15) is 9.18 Å². The smallest absolute Gasteiger partial charge is 0.238 e. The van der Waals surface area contributed by atoms with Gasteiger partial charge in [0.15, 0.2) is 0 Å². The van der Waals surface area contributed by atoms with Crippen LogP contribution in [0.25, 0.3) is 10.8 Å². The van der Waals surface area contributed by atoms with E-state index in [1.165, 1.54) is 22.4 Å². The monoisotopic (exact) mass is 349 g/mol. The van der Waals surface area contributed by atoms with Crippen molar-refractivity contribution in [2.24, 2.45) is 0 Å². The maximum atomic E-state index is 13.7. The average Bonchev–Trinajstić information content (AvgIpc) is 3.17. The molecule has 1 amide bonds. The summed E-state index contributed by atoms with van der Waals surface area (Å²) >= 11 is 0. The second kappa shape index (κ2) is 7.23. The van der Waals surface area contributed by atoms with E-state index in [1.807, 2.05) is 18.2 Å². The quantitative estimate of drug-likeness (QED) is 0.678. The van der Waals surface area contributed by atoms with Crippen LogP contribution in [0.1, 0.15) is 23.6 Å². The van der Waals surface area contributed by atoms with Crippen LogP contribution in [0.4, 0.5) is 4.39 Å². The zero-order valence-electron chi connectivity index (χ0n) is 14.2. The number of hydrogen-bond donors (Lipinski definition) is 3. The Morgan fingerprint density at radius 3 is 2.65 bits per heavy atom. The minimum Gasteiger partial charge on any atom is -0.351 e. The second-order valence-corrected chi connectivity index (χ2v) is 6.51. The van der Waals surface area contributed by atoms with E-state index in [2.05, 4.69) is 40.4 Å². The Kier molecular flexibility index (Phi) is 4.65. The lowest BCUT2D eigenvalue weighted by atomic mass is 9.96. The summed E-state index contributed by atoms with van der Waals surface area (Å²) in [6.07, 6.45) is 0.636. The largest absolute Gasteiger partial charge is 0.351 e. The highest BCUT2D eigenvalue weighted by molar-refractivity contribution is 5.86. The second-order valence-electron chi connectivity index (χ2n) is 6.51. The van der Waals surface area contributed by atoms with Crippen LogP contribution in [-0.2, 0) is 11.3 Å². The molecule has 0 bridgehead atoms. The summed E-state index contributed by atoms with van der Waals surface area (Å²) in [4.78, 5) is 12.4. The zero-order valence-corrected chi connectivity index (χ0v) is 14.2. The fraction of sp³-hybridized carbons (Fsp3) is 0.190. The van der Waals surface area contributed by atoms with Gasteiger partial charge < -0.3 is 5.32 Å². The van der Waals surface area contributed by atoms with E-state index in [4.69, 9.17) is 0 Å². The molecular weight excluding hydrogens is 329 g/mol. The van der Waals surface area contributed by atoms with Gasteiger partial charge in [0, 0.05) is 18.2 Å². The van der Waals surface area contributed by atoms with Crippen LogP contribution in [-0.4, -0.2) is 11.9 Å². The number of benzene rings is 3. The van der Waals surface area contributed by atoms with Crippen molar-refractivity contribution >= 4 is 16.7 Å². The highest BCUT2D eigenvalue weighted by Gasteiger charge is 2.30. The molecule has 4 rings (SSSR count). The molecule has 0 aromatic heterocycles. The summed E-state index contributed by atoms with van der Waals surface area (Å²) in [5.74, 6) is -0.442. The molecule has 1 aliphatic rings. The lowest BCUT2D eigenvalue weighted by molar-refractivity contribution is -0.123. The number of rotatable bonds is 4. The van der Waals surface area contributed by atoms with Crippen LogP contribution in [0.15, 0.2) is 66.7 Å². The Bertz CT molecular complexity index is 938. The Labute approximate surface area is 151 Å². The normalized spacial score (nSPS) is 19.6. The van der Waals surface area contributed by atoms with E-state index in [-0.39, 0.29) is 30.4 Å². The first-order valence-electron chi connectivity index (χ1n) is 8.72. The van der Waals surface area contributed by atoms with E-state index in [0.29, 0.717) is 12.0 Å². The molecule has 3 aromatic rings. The molecule has 0 radical (unpaired) electrons. The average molecular weight is 349 g/mol. The number of nitrogens with one attached hydrogen (secondary N) is 3. The molecule has 132 valence electrons. The van der Waals surface area contributed by atoms with Crippen LogP contribution in [0.5, 0.6) is 0 Å². The van der Waals surface area contributed by atoms with E-state index in [0.717, 1.165) is 0 Å². The summed E-state index contributed by atoms with van der Waals surface area (Å²) < 4.78 is 13.7. The Morgan fingerprint density at radius 1 is 1.00 bits per heavy atom. The van der Waals surface area contributed by atoms with Crippen LogP contribution in [0.3, 0.4) is 0 Å².